The first kappa shape index (κ1) is 23.1. The molecular formula is C27H27N3O4. The Labute approximate surface area is 198 Å². The summed E-state index contributed by atoms with van der Waals surface area (Å²) in [7, 11) is 1.62. The summed E-state index contributed by atoms with van der Waals surface area (Å²) in [4.78, 5) is 29.2. The summed E-state index contributed by atoms with van der Waals surface area (Å²) in [6, 6.07) is 23.3. The maximum absolute atomic E-state index is 13.2. The molecule has 4 aromatic rings. The van der Waals surface area contributed by atoms with Crippen LogP contribution in [-0.2, 0) is 9.53 Å². The Morgan fingerprint density at radius 3 is 2.35 bits per heavy atom. The Hall–Kier alpha value is -4.10. The molecule has 0 saturated heterocycles. The van der Waals surface area contributed by atoms with E-state index >= 15 is 0 Å². The third-order valence-electron chi connectivity index (χ3n) is 5.67. The Morgan fingerprint density at radius 1 is 0.971 bits per heavy atom. The van der Waals surface area contributed by atoms with Gasteiger partial charge >= 0.3 is 5.97 Å². The standard InChI is InChI=1S/C27H27N3O4/c1-3-34-27(32)25(29-30-26(31)19-12-8-5-9-13-19)24(18-10-6-4-7-11-18)22-17-28-23-15-14-20(33-2)16-21(22)23/h4-17,24-25,28-29H,3H2,1-2H3,(H,30,31)/t24-,25+/m1/s1. The molecule has 0 bridgehead atoms. The predicted molar refractivity (Wildman–Crippen MR) is 131 cm³/mol. The van der Waals surface area contributed by atoms with E-state index in [1.54, 1.807) is 38.3 Å². The summed E-state index contributed by atoms with van der Waals surface area (Å²) < 4.78 is 10.8. The van der Waals surface area contributed by atoms with Gasteiger partial charge in [0.1, 0.15) is 11.8 Å². The molecule has 0 fully saturated rings. The molecule has 34 heavy (non-hydrogen) atoms. The van der Waals surface area contributed by atoms with Gasteiger partial charge in [0.2, 0.25) is 0 Å². The summed E-state index contributed by atoms with van der Waals surface area (Å²) >= 11 is 0. The summed E-state index contributed by atoms with van der Waals surface area (Å²) in [6.07, 6.45) is 1.88. The van der Waals surface area contributed by atoms with Crippen LogP contribution in [0, 0.1) is 0 Å². The Kier molecular flexibility index (Phi) is 7.25. The van der Waals surface area contributed by atoms with Crippen molar-refractivity contribution in [3.8, 4) is 5.75 Å². The van der Waals surface area contributed by atoms with Gasteiger partial charge in [-0.2, -0.15) is 0 Å². The lowest BCUT2D eigenvalue weighted by Crippen LogP contribution is -2.51. The first-order valence-corrected chi connectivity index (χ1v) is 11.1. The van der Waals surface area contributed by atoms with E-state index in [0.29, 0.717) is 11.3 Å². The minimum absolute atomic E-state index is 0.215. The summed E-state index contributed by atoms with van der Waals surface area (Å²) in [5.41, 5.74) is 8.82. The minimum Gasteiger partial charge on any atom is -0.497 e. The minimum atomic E-state index is -0.889. The number of hydrogen-bond acceptors (Lipinski definition) is 5. The van der Waals surface area contributed by atoms with Crippen LogP contribution in [0.1, 0.15) is 34.3 Å². The number of carbonyl (C=O) groups is 2. The van der Waals surface area contributed by atoms with E-state index in [-0.39, 0.29) is 12.5 Å². The van der Waals surface area contributed by atoms with Crippen molar-refractivity contribution in [3.05, 3.63) is 102 Å². The molecule has 0 aliphatic heterocycles. The average molecular weight is 458 g/mol. The maximum atomic E-state index is 13.2. The fraction of sp³-hybridized carbons (Fsp3) is 0.185. The first-order chi connectivity index (χ1) is 16.6. The molecule has 0 aliphatic rings. The normalized spacial score (nSPS) is 12.6. The molecule has 3 aromatic carbocycles. The number of benzene rings is 3. The molecule has 2 atom stereocenters. The van der Waals surface area contributed by atoms with E-state index < -0.39 is 17.9 Å². The zero-order valence-corrected chi connectivity index (χ0v) is 19.1. The predicted octanol–water partition coefficient (Wildman–Crippen LogP) is 4.17. The average Bonchev–Trinajstić information content (AvgIpc) is 3.30. The molecule has 1 heterocycles. The number of hydrogen-bond donors (Lipinski definition) is 3. The second-order valence-corrected chi connectivity index (χ2v) is 7.74. The van der Waals surface area contributed by atoms with Crippen LogP contribution in [0.5, 0.6) is 5.75 Å². The molecule has 0 aliphatic carbocycles. The van der Waals surface area contributed by atoms with Crippen LogP contribution in [0.3, 0.4) is 0 Å². The highest BCUT2D eigenvalue weighted by Gasteiger charge is 2.34. The van der Waals surface area contributed by atoms with Gasteiger partial charge in [0.05, 0.1) is 13.7 Å². The topological polar surface area (TPSA) is 92.5 Å². The van der Waals surface area contributed by atoms with Crippen molar-refractivity contribution in [2.45, 2.75) is 18.9 Å². The zero-order chi connectivity index (χ0) is 23.9. The number of hydrazine groups is 1. The van der Waals surface area contributed by atoms with Gasteiger partial charge in [-0.15, -0.1) is 0 Å². The van der Waals surface area contributed by atoms with Crippen molar-refractivity contribution in [1.82, 2.24) is 15.8 Å². The smallest absolute Gasteiger partial charge is 0.325 e. The number of H-pyrrole nitrogens is 1. The van der Waals surface area contributed by atoms with Crippen LogP contribution in [0.2, 0.25) is 0 Å². The third kappa shape index (κ3) is 4.94. The first-order valence-electron chi connectivity index (χ1n) is 11.1. The number of rotatable bonds is 9. The van der Waals surface area contributed by atoms with Crippen molar-refractivity contribution in [3.63, 3.8) is 0 Å². The number of ether oxygens (including phenoxy) is 2. The molecular weight excluding hydrogens is 430 g/mol. The van der Waals surface area contributed by atoms with Crippen LogP contribution in [0.25, 0.3) is 10.9 Å². The van der Waals surface area contributed by atoms with Crippen LogP contribution >= 0.6 is 0 Å². The maximum Gasteiger partial charge on any atom is 0.325 e. The quantitative estimate of drug-likeness (QED) is 0.259. The Balaban J connectivity index is 1.76. The molecule has 7 heteroatoms. The van der Waals surface area contributed by atoms with Gasteiger partial charge < -0.3 is 14.5 Å². The van der Waals surface area contributed by atoms with Crippen molar-refractivity contribution >= 4 is 22.8 Å². The highest BCUT2D eigenvalue weighted by molar-refractivity contribution is 5.94. The second-order valence-electron chi connectivity index (χ2n) is 7.74. The molecule has 0 unspecified atom stereocenters. The number of aromatic amines is 1. The fourth-order valence-corrected chi connectivity index (χ4v) is 4.03. The van der Waals surface area contributed by atoms with Crippen molar-refractivity contribution in [2.24, 2.45) is 0 Å². The fourth-order valence-electron chi connectivity index (χ4n) is 4.03. The number of aromatic nitrogens is 1. The lowest BCUT2D eigenvalue weighted by molar-refractivity contribution is -0.146. The molecule has 0 saturated carbocycles. The molecule has 1 amide bonds. The van der Waals surface area contributed by atoms with E-state index in [1.165, 1.54) is 0 Å². The number of fused-ring (bicyclic) bond motifs is 1. The van der Waals surface area contributed by atoms with E-state index in [0.717, 1.165) is 22.0 Å². The number of amides is 1. The molecule has 174 valence electrons. The third-order valence-corrected chi connectivity index (χ3v) is 5.67. The monoisotopic (exact) mass is 457 g/mol. The van der Waals surface area contributed by atoms with Crippen molar-refractivity contribution < 1.29 is 19.1 Å². The van der Waals surface area contributed by atoms with Crippen molar-refractivity contribution in [2.75, 3.05) is 13.7 Å². The van der Waals surface area contributed by atoms with Crippen molar-refractivity contribution in [1.29, 1.82) is 0 Å². The van der Waals surface area contributed by atoms with E-state index in [9.17, 15) is 9.59 Å². The number of nitrogens with one attached hydrogen (secondary N) is 3. The highest BCUT2D eigenvalue weighted by atomic mass is 16.5. The van der Waals surface area contributed by atoms with Crippen LogP contribution in [0.15, 0.2) is 85.1 Å². The van der Waals surface area contributed by atoms with Gasteiger partial charge in [0.15, 0.2) is 0 Å². The SMILES string of the molecule is CCOC(=O)[C@@H](NNC(=O)c1ccccc1)[C@H](c1ccccc1)c1c[nH]c2ccc(OC)cc12. The Morgan fingerprint density at radius 2 is 1.68 bits per heavy atom. The molecule has 4 rings (SSSR count). The lowest BCUT2D eigenvalue weighted by Gasteiger charge is -2.27. The molecule has 1 aromatic heterocycles. The van der Waals surface area contributed by atoms with Gasteiger partial charge in [0, 0.05) is 28.6 Å². The number of carbonyl (C=O) groups excluding carboxylic acids is 2. The Bertz CT molecular complexity index is 1250. The zero-order valence-electron chi connectivity index (χ0n) is 19.1. The molecule has 7 nitrogen and oxygen atoms in total. The van der Waals surface area contributed by atoms with Gasteiger partial charge in [-0.25, -0.2) is 5.43 Å². The highest BCUT2D eigenvalue weighted by Crippen LogP contribution is 2.35. The van der Waals surface area contributed by atoms with Crippen LogP contribution < -0.4 is 15.6 Å². The second kappa shape index (κ2) is 10.7. The molecule has 3 N–H and O–H groups in total. The van der Waals surface area contributed by atoms with Gasteiger partial charge in [0.25, 0.3) is 5.91 Å². The van der Waals surface area contributed by atoms with Gasteiger partial charge in [-0.1, -0.05) is 48.5 Å². The molecule has 0 radical (unpaired) electrons. The van der Waals surface area contributed by atoms with Gasteiger partial charge in [-0.3, -0.25) is 15.0 Å². The number of esters is 1. The van der Waals surface area contributed by atoms with Gasteiger partial charge in [-0.05, 0) is 48.4 Å². The largest absolute Gasteiger partial charge is 0.497 e. The summed E-state index contributed by atoms with van der Waals surface area (Å²) in [6.45, 7) is 1.97. The van der Waals surface area contributed by atoms with Crippen LogP contribution in [0.4, 0.5) is 0 Å². The van der Waals surface area contributed by atoms with Crippen LogP contribution in [-0.4, -0.2) is 36.6 Å². The number of methoxy groups -OCH3 is 1. The summed E-state index contributed by atoms with van der Waals surface area (Å²) in [5.74, 6) is -0.570. The lowest BCUT2D eigenvalue weighted by atomic mass is 9.85. The van der Waals surface area contributed by atoms with E-state index in [1.807, 2.05) is 60.8 Å². The molecule has 0 spiro atoms. The van der Waals surface area contributed by atoms with E-state index in [2.05, 4.69) is 15.8 Å². The van der Waals surface area contributed by atoms with E-state index in [4.69, 9.17) is 9.47 Å². The summed E-state index contributed by atoms with van der Waals surface area (Å²) in [5, 5.41) is 0.915.